The van der Waals surface area contributed by atoms with Crippen molar-refractivity contribution in [2.24, 2.45) is 0 Å². The first-order valence-electron chi connectivity index (χ1n) is 2.79. The summed E-state index contributed by atoms with van der Waals surface area (Å²) in [4.78, 5) is 9.59. The van der Waals surface area contributed by atoms with E-state index in [1.54, 1.807) is 11.3 Å². The minimum absolute atomic E-state index is 0.245. The van der Waals surface area contributed by atoms with Crippen LogP contribution in [0.4, 0.5) is 0 Å². The molecule has 3 heteroatoms. The zero-order valence-electron chi connectivity index (χ0n) is 6.03. The summed E-state index contributed by atoms with van der Waals surface area (Å²) in [7, 11) is 1.35. The minimum Gasteiger partial charge on any atom is -0.469 e. The summed E-state index contributed by atoms with van der Waals surface area (Å²) >= 11 is 1.71. The average molecular weight is 158 g/mol. The highest BCUT2D eigenvalue weighted by Crippen LogP contribution is 1.91. The summed E-state index contributed by atoms with van der Waals surface area (Å²) in [6.07, 6.45) is 0. The number of methoxy groups -OCH3 is 1. The van der Waals surface area contributed by atoms with E-state index in [-0.39, 0.29) is 5.97 Å². The molecular weight excluding hydrogens is 148 g/mol. The SMILES string of the molecule is COC(C)=O.c1ccsc1. The van der Waals surface area contributed by atoms with Gasteiger partial charge in [-0.25, -0.2) is 0 Å². The Morgan fingerprint density at radius 1 is 1.40 bits per heavy atom. The molecule has 0 spiro atoms. The Balaban J connectivity index is 0.000000162. The van der Waals surface area contributed by atoms with Crippen molar-refractivity contribution in [1.29, 1.82) is 0 Å². The number of rotatable bonds is 0. The van der Waals surface area contributed by atoms with Crippen LogP contribution in [-0.2, 0) is 9.53 Å². The largest absolute Gasteiger partial charge is 0.469 e. The van der Waals surface area contributed by atoms with Gasteiger partial charge in [-0.15, -0.1) is 0 Å². The maximum absolute atomic E-state index is 9.59. The van der Waals surface area contributed by atoms with Crippen molar-refractivity contribution in [2.75, 3.05) is 7.11 Å². The summed E-state index contributed by atoms with van der Waals surface area (Å²) < 4.78 is 4.11. The summed E-state index contributed by atoms with van der Waals surface area (Å²) in [5.41, 5.74) is 0. The van der Waals surface area contributed by atoms with E-state index in [0.29, 0.717) is 0 Å². The molecule has 0 saturated heterocycles. The Labute approximate surface area is 64.4 Å². The van der Waals surface area contributed by atoms with Crippen molar-refractivity contribution in [2.45, 2.75) is 6.92 Å². The van der Waals surface area contributed by atoms with Gasteiger partial charge in [-0.1, -0.05) is 12.1 Å². The van der Waals surface area contributed by atoms with Crippen LogP contribution < -0.4 is 0 Å². The Morgan fingerprint density at radius 2 is 1.80 bits per heavy atom. The van der Waals surface area contributed by atoms with Gasteiger partial charge in [0.1, 0.15) is 0 Å². The molecule has 0 aromatic carbocycles. The molecule has 0 aliphatic rings. The second-order valence-electron chi connectivity index (χ2n) is 1.49. The molecule has 0 atom stereocenters. The molecule has 56 valence electrons. The molecule has 0 radical (unpaired) electrons. The van der Waals surface area contributed by atoms with E-state index in [1.165, 1.54) is 14.0 Å². The average Bonchev–Trinajstić information content (AvgIpc) is 2.43. The van der Waals surface area contributed by atoms with Crippen LogP contribution in [0.2, 0.25) is 0 Å². The van der Waals surface area contributed by atoms with Crippen LogP contribution in [0.25, 0.3) is 0 Å². The molecule has 0 fully saturated rings. The third kappa shape index (κ3) is 7.17. The zero-order valence-corrected chi connectivity index (χ0v) is 6.85. The lowest BCUT2D eigenvalue weighted by Gasteiger charge is -1.80. The van der Waals surface area contributed by atoms with Gasteiger partial charge < -0.3 is 4.74 Å². The third-order valence-corrected chi connectivity index (χ3v) is 1.34. The van der Waals surface area contributed by atoms with Gasteiger partial charge in [0.25, 0.3) is 0 Å². The van der Waals surface area contributed by atoms with Crippen molar-refractivity contribution in [1.82, 2.24) is 0 Å². The van der Waals surface area contributed by atoms with Crippen LogP contribution in [0.15, 0.2) is 22.9 Å². The predicted octanol–water partition coefficient (Wildman–Crippen LogP) is 1.93. The number of carbonyl (C=O) groups excluding carboxylic acids is 1. The fourth-order valence-electron chi connectivity index (χ4n) is 0.227. The second-order valence-corrected chi connectivity index (χ2v) is 2.31. The molecule has 0 aliphatic carbocycles. The standard InChI is InChI=1S/C4H4S.C3H6O2/c1-2-4-5-3-1;1-3(4)5-2/h1-4H;1-2H3. The van der Waals surface area contributed by atoms with E-state index in [9.17, 15) is 4.79 Å². The Hall–Kier alpha value is -0.830. The van der Waals surface area contributed by atoms with Crippen LogP contribution in [0.3, 0.4) is 0 Å². The van der Waals surface area contributed by atoms with Crippen molar-refractivity contribution in [3.05, 3.63) is 22.9 Å². The van der Waals surface area contributed by atoms with Gasteiger partial charge in [0.15, 0.2) is 0 Å². The van der Waals surface area contributed by atoms with E-state index in [2.05, 4.69) is 4.74 Å². The van der Waals surface area contributed by atoms with E-state index in [4.69, 9.17) is 0 Å². The lowest BCUT2D eigenvalue weighted by Crippen LogP contribution is -1.88. The number of hydrogen-bond acceptors (Lipinski definition) is 3. The minimum atomic E-state index is -0.245. The highest BCUT2D eigenvalue weighted by Gasteiger charge is 1.75. The molecule has 10 heavy (non-hydrogen) atoms. The molecule has 1 aromatic heterocycles. The second kappa shape index (κ2) is 6.29. The van der Waals surface area contributed by atoms with Crippen LogP contribution in [0, 0.1) is 0 Å². The predicted molar refractivity (Wildman–Crippen MR) is 42.0 cm³/mol. The first kappa shape index (κ1) is 9.17. The van der Waals surface area contributed by atoms with E-state index in [0.717, 1.165) is 0 Å². The Bertz CT molecular complexity index is 141. The van der Waals surface area contributed by atoms with Crippen molar-refractivity contribution in [3.63, 3.8) is 0 Å². The molecular formula is C7H10O2S. The Kier molecular flexibility index (Phi) is 5.77. The molecule has 2 nitrogen and oxygen atoms in total. The normalized spacial score (nSPS) is 7.40. The molecule has 1 heterocycles. The number of hydrogen-bond donors (Lipinski definition) is 0. The van der Waals surface area contributed by atoms with Gasteiger partial charge >= 0.3 is 5.97 Å². The summed E-state index contributed by atoms with van der Waals surface area (Å²) in [5, 5.41) is 4.08. The molecule has 0 bridgehead atoms. The lowest BCUT2D eigenvalue weighted by atomic mass is 10.7. The lowest BCUT2D eigenvalue weighted by molar-refractivity contribution is -0.137. The summed E-state index contributed by atoms with van der Waals surface area (Å²) in [5.74, 6) is -0.245. The maximum atomic E-state index is 9.59. The molecule has 1 rings (SSSR count). The quantitative estimate of drug-likeness (QED) is 0.539. The van der Waals surface area contributed by atoms with Gasteiger partial charge in [0.05, 0.1) is 7.11 Å². The highest BCUT2D eigenvalue weighted by molar-refractivity contribution is 7.07. The molecule has 1 aromatic rings. The zero-order chi connectivity index (χ0) is 7.82. The van der Waals surface area contributed by atoms with Crippen LogP contribution in [-0.4, -0.2) is 13.1 Å². The van der Waals surface area contributed by atoms with Gasteiger partial charge in [-0.05, 0) is 10.8 Å². The fraction of sp³-hybridized carbons (Fsp3) is 0.286. The monoisotopic (exact) mass is 158 g/mol. The van der Waals surface area contributed by atoms with Crippen molar-refractivity contribution in [3.8, 4) is 0 Å². The number of carbonyl (C=O) groups is 1. The maximum Gasteiger partial charge on any atom is 0.302 e. The number of esters is 1. The van der Waals surface area contributed by atoms with Crippen LogP contribution >= 0.6 is 11.3 Å². The fourth-order valence-corrected chi connectivity index (χ4v) is 0.680. The van der Waals surface area contributed by atoms with Gasteiger partial charge in [0.2, 0.25) is 0 Å². The first-order valence-corrected chi connectivity index (χ1v) is 3.73. The summed E-state index contributed by atoms with van der Waals surface area (Å²) in [6.45, 7) is 1.36. The molecule has 0 unspecified atom stereocenters. The highest BCUT2D eigenvalue weighted by atomic mass is 32.1. The smallest absolute Gasteiger partial charge is 0.302 e. The van der Waals surface area contributed by atoms with E-state index in [1.807, 2.05) is 22.9 Å². The molecule has 0 saturated carbocycles. The van der Waals surface area contributed by atoms with Crippen LogP contribution in [0.1, 0.15) is 6.92 Å². The third-order valence-electron chi connectivity index (χ3n) is 0.713. The van der Waals surface area contributed by atoms with Gasteiger partial charge in [-0.2, -0.15) is 11.3 Å². The van der Waals surface area contributed by atoms with E-state index < -0.39 is 0 Å². The van der Waals surface area contributed by atoms with Crippen molar-refractivity contribution >= 4 is 17.3 Å². The van der Waals surface area contributed by atoms with Gasteiger partial charge in [-0.3, -0.25) is 4.79 Å². The molecule has 0 aliphatic heterocycles. The van der Waals surface area contributed by atoms with Crippen LogP contribution in [0.5, 0.6) is 0 Å². The Morgan fingerprint density at radius 3 is 1.90 bits per heavy atom. The molecule has 0 N–H and O–H groups in total. The molecule has 0 amide bonds. The van der Waals surface area contributed by atoms with Gasteiger partial charge in [0, 0.05) is 6.92 Å². The summed E-state index contributed by atoms with van der Waals surface area (Å²) in [6, 6.07) is 4.04. The topological polar surface area (TPSA) is 26.3 Å². The number of ether oxygens (including phenoxy) is 1. The number of thiophene rings is 1. The van der Waals surface area contributed by atoms with Crippen molar-refractivity contribution < 1.29 is 9.53 Å². The first-order chi connectivity index (χ1) is 4.77. The van der Waals surface area contributed by atoms with E-state index >= 15 is 0 Å².